The molecule has 0 spiro atoms. The highest BCUT2D eigenvalue weighted by atomic mass is 79.9. The Hall–Kier alpha value is -0.750. The molecule has 0 bridgehead atoms. The Morgan fingerprint density at radius 1 is 1.42 bits per heavy atom. The number of nitrogens with one attached hydrogen (secondary N) is 1. The van der Waals surface area contributed by atoms with Crippen molar-refractivity contribution in [3.05, 3.63) is 28.2 Å². The van der Waals surface area contributed by atoms with Crippen molar-refractivity contribution < 1.29 is 17.9 Å². The van der Waals surface area contributed by atoms with Gasteiger partial charge in [0.05, 0.1) is 4.47 Å². The van der Waals surface area contributed by atoms with Gasteiger partial charge in [0.2, 0.25) is 0 Å². The molecule has 0 radical (unpaired) electrons. The Bertz CT molecular complexity index is 450. The molecule has 1 aliphatic carbocycles. The summed E-state index contributed by atoms with van der Waals surface area (Å²) in [7, 11) is 0. The fraction of sp³-hybridized carbons (Fsp3) is 0.538. The third-order valence-corrected chi connectivity index (χ3v) is 3.85. The van der Waals surface area contributed by atoms with Gasteiger partial charge in [-0.2, -0.15) is 0 Å². The van der Waals surface area contributed by atoms with E-state index in [0.717, 1.165) is 23.9 Å². The number of alkyl halides is 3. The van der Waals surface area contributed by atoms with Gasteiger partial charge in [0.1, 0.15) is 5.75 Å². The molecule has 2 unspecified atom stereocenters. The molecule has 106 valence electrons. The summed E-state index contributed by atoms with van der Waals surface area (Å²) in [6.45, 7) is 3.82. The lowest BCUT2D eigenvalue weighted by Crippen LogP contribution is -2.18. The highest BCUT2D eigenvalue weighted by Crippen LogP contribution is 2.37. The van der Waals surface area contributed by atoms with Crippen LogP contribution in [0.1, 0.15) is 18.9 Å². The van der Waals surface area contributed by atoms with Gasteiger partial charge < -0.3 is 10.1 Å². The lowest BCUT2D eigenvalue weighted by molar-refractivity contribution is -0.274. The van der Waals surface area contributed by atoms with Crippen LogP contribution in [0.2, 0.25) is 0 Å². The van der Waals surface area contributed by atoms with Crippen LogP contribution in [-0.4, -0.2) is 12.9 Å². The van der Waals surface area contributed by atoms with Gasteiger partial charge in [-0.15, -0.1) is 13.2 Å². The summed E-state index contributed by atoms with van der Waals surface area (Å²) < 4.78 is 40.5. The van der Waals surface area contributed by atoms with E-state index in [1.807, 2.05) is 0 Å². The topological polar surface area (TPSA) is 21.3 Å². The maximum atomic E-state index is 12.1. The molecule has 19 heavy (non-hydrogen) atoms. The lowest BCUT2D eigenvalue weighted by atomic mass is 10.2. The molecule has 0 heterocycles. The quantitative estimate of drug-likeness (QED) is 0.873. The Kier molecular flexibility index (Phi) is 4.40. The lowest BCUT2D eigenvalue weighted by Gasteiger charge is -2.12. The fourth-order valence-electron chi connectivity index (χ4n) is 1.95. The largest absolute Gasteiger partial charge is 0.573 e. The first-order chi connectivity index (χ1) is 8.85. The van der Waals surface area contributed by atoms with Crippen molar-refractivity contribution in [2.75, 3.05) is 6.54 Å². The van der Waals surface area contributed by atoms with E-state index in [2.05, 4.69) is 32.9 Å². The number of hydrogen-bond acceptors (Lipinski definition) is 2. The van der Waals surface area contributed by atoms with Crippen LogP contribution in [0.4, 0.5) is 13.2 Å². The molecule has 1 aromatic rings. The minimum atomic E-state index is -4.66. The summed E-state index contributed by atoms with van der Waals surface area (Å²) in [5.41, 5.74) is 0.926. The van der Waals surface area contributed by atoms with Crippen molar-refractivity contribution in [2.45, 2.75) is 26.3 Å². The summed E-state index contributed by atoms with van der Waals surface area (Å²) in [6, 6.07) is 4.61. The minimum Gasteiger partial charge on any atom is -0.405 e. The molecule has 0 saturated heterocycles. The zero-order valence-electron chi connectivity index (χ0n) is 10.4. The first-order valence-electron chi connectivity index (χ1n) is 6.10. The van der Waals surface area contributed by atoms with Crippen LogP contribution in [-0.2, 0) is 6.54 Å². The second-order valence-electron chi connectivity index (χ2n) is 4.92. The van der Waals surface area contributed by atoms with Crippen LogP contribution in [0.3, 0.4) is 0 Å². The molecule has 0 amide bonds. The molecular weight excluding hydrogens is 323 g/mol. The molecule has 0 aromatic heterocycles. The van der Waals surface area contributed by atoms with Crippen molar-refractivity contribution in [3.63, 3.8) is 0 Å². The number of halogens is 4. The molecule has 1 fully saturated rings. The SMILES string of the molecule is CC1CC1CNCc1ccc(OC(F)(F)F)c(Br)c1. The van der Waals surface area contributed by atoms with Gasteiger partial charge >= 0.3 is 6.36 Å². The van der Waals surface area contributed by atoms with Gasteiger partial charge in [-0.3, -0.25) is 0 Å². The zero-order chi connectivity index (χ0) is 14.0. The van der Waals surface area contributed by atoms with Crippen LogP contribution >= 0.6 is 15.9 Å². The Labute approximate surface area is 118 Å². The van der Waals surface area contributed by atoms with Crippen LogP contribution in [0, 0.1) is 11.8 Å². The van der Waals surface area contributed by atoms with Crippen LogP contribution < -0.4 is 10.1 Å². The van der Waals surface area contributed by atoms with Crippen molar-refractivity contribution in [3.8, 4) is 5.75 Å². The van der Waals surface area contributed by atoms with Crippen LogP contribution in [0.25, 0.3) is 0 Å². The van der Waals surface area contributed by atoms with E-state index in [-0.39, 0.29) is 5.75 Å². The van der Waals surface area contributed by atoms with E-state index in [1.54, 1.807) is 12.1 Å². The predicted molar refractivity (Wildman–Crippen MR) is 69.8 cm³/mol. The second-order valence-corrected chi connectivity index (χ2v) is 5.77. The standard InChI is InChI=1S/C13H15BrF3NO/c1-8-4-10(8)7-18-6-9-2-3-12(11(14)5-9)19-13(15,16)17/h2-3,5,8,10,18H,4,6-7H2,1H3. The van der Waals surface area contributed by atoms with Crippen molar-refractivity contribution in [2.24, 2.45) is 11.8 Å². The summed E-state index contributed by atoms with van der Waals surface area (Å²) in [4.78, 5) is 0. The van der Waals surface area contributed by atoms with Gasteiger partial charge in [-0.1, -0.05) is 13.0 Å². The number of rotatable bonds is 5. The zero-order valence-corrected chi connectivity index (χ0v) is 12.0. The molecule has 2 rings (SSSR count). The Balaban J connectivity index is 1.87. The predicted octanol–water partition coefficient (Wildman–Crippen LogP) is 4.09. The van der Waals surface area contributed by atoms with Crippen molar-refractivity contribution >= 4 is 15.9 Å². The molecule has 0 aliphatic heterocycles. The number of benzene rings is 1. The van der Waals surface area contributed by atoms with E-state index in [9.17, 15) is 13.2 Å². The van der Waals surface area contributed by atoms with Crippen LogP contribution in [0.15, 0.2) is 22.7 Å². The Morgan fingerprint density at radius 2 is 2.11 bits per heavy atom. The maximum absolute atomic E-state index is 12.1. The average molecular weight is 338 g/mol. The van der Waals surface area contributed by atoms with Gasteiger partial charge in [0, 0.05) is 6.54 Å². The molecule has 2 nitrogen and oxygen atoms in total. The summed E-state index contributed by atoms with van der Waals surface area (Å²) in [5.74, 6) is 1.32. The van der Waals surface area contributed by atoms with Gasteiger partial charge in [-0.05, 0) is 58.4 Å². The van der Waals surface area contributed by atoms with Gasteiger partial charge in [0.15, 0.2) is 0 Å². The van der Waals surface area contributed by atoms with E-state index >= 15 is 0 Å². The molecule has 6 heteroatoms. The minimum absolute atomic E-state index is 0.216. The highest BCUT2D eigenvalue weighted by molar-refractivity contribution is 9.10. The first-order valence-corrected chi connectivity index (χ1v) is 6.89. The molecule has 2 atom stereocenters. The number of hydrogen-bond donors (Lipinski definition) is 1. The third kappa shape index (κ3) is 4.69. The Morgan fingerprint density at radius 3 is 2.63 bits per heavy atom. The molecule has 1 N–H and O–H groups in total. The van der Waals surface area contributed by atoms with Crippen molar-refractivity contribution in [1.29, 1.82) is 0 Å². The highest BCUT2D eigenvalue weighted by Gasteiger charge is 2.32. The molecule has 1 aliphatic rings. The fourth-order valence-corrected chi connectivity index (χ4v) is 2.45. The first kappa shape index (κ1) is 14.7. The monoisotopic (exact) mass is 337 g/mol. The van der Waals surface area contributed by atoms with Crippen LogP contribution in [0.5, 0.6) is 5.75 Å². The van der Waals surface area contributed by atoms with E-state index < -0.39 is 6.36 Å². The number of ether oxygens (including phenoxy) is 1. The maximum Gasteiger partial charge on any atom is 0.573 e. The summed E-state index contributed by atoms with van der Waals surface area (Å²) in [5, 5.41) is 3.31. The second kappa shape index (κ2) is 5.71. The normalized spacial score (nSPS) is 22.4. The van der Waals surface area contributed by atoms with E-state index in [0.29, 0.717) is 11.0 Å². The molecular formula is C13H15BrF3NO. The van der Waals surface area contributed by atoms with E-state index in [1.165, 1.54) is 12.5 Å². The molecule has 1 aromatic carbocycles. The van der Waals surface area contributed by atoms with Gasteiger partial charge in [0.25, 0.3) is 0 Å². The smallest absolute Gasteiger partial charge is 0.405 e. The van der Waals surface area contributed by atoms with Gasteiger partial charge in [-0.25, -0.2) is 0 Å². The summed E-state index contributed by atoms with van der Waals surface area (Å²) in [6.07, 6.45) is -3.40. The van der Waals surface area contributed by atoms with E-state index in [4.69, 9.17) is 0 Å². The third-order valence-electron chi connectivity index (χ3n) is 3.23. The average Bonchev–Trinajstić information content (AvgIpc) is 2.97. The van der Waals surface area contributed by atoms with Crippen molar-refractivity contribution in [1.82, 2.24) is 5.32 Å². The summed E-state index contributed by atoms with van der Waals surface area (Å²) >= 11 is 3.09. The molecule has 1 saturated carbocycles.